The molecule has 0 spiro atoms. The summed E-state index contributed by atoms with van der Waals surface area (Å²) in [6.07, 6.45) is 2.23. The fraction of sp³-hybridized carbons (Fsp3) is 0.200. The predicted molar refractivity (Wildman–Crippen MR) is 128 cm³/mol. The van der Waals surface area contributed by atoms with Gasteiger partial charge in [-0.2, -0.15) is 5.10 Å². The summed E-state index contributed by atoms with van der Waals surface area (Å²) >= 11 is 0. The Hall–Kier alpha value is -4.20. The molecule has 0 aromatic heterocycles. The lowest BCUT2D eigenvalue weighted by atomic mass is 10.2. The molecular weight excluding hydrogens is 422 g/mol. The van der Waals surface area contributed by atoms with Gasteiger partial charge in [0.05, 0.1) is 33.6 Å². The van der Waals surface area contributed by atoms with E-state index in [1.165, 1.54) is 6.21 Å². The number of carbonyl (C=O) groups excluding carboxylic acids is 1. The molecule has 0 bridgehead atoms. The van der Waals surface area contributed by atoms with Crippen LogP contribution >= 0.6 is 0 Å². The van der Waals surface area contributed by atoms with Crippen molar-refractivity contribution in [3.8, 4) is 23.0 Å². The van der Waals surface area contributed by atoms with E-state index in [0.717, 1.165) is 17.1 Å². The molecule has 3 rings (SSSR count). The molecule has 2 amide bonds. The lowest BCUT2D eigenvalue weighted by Crippen LogP contribution is -2.24. The van der Waals surface area contributed by atoms with Crippen LogP contribution in [0.5, 0.6) is 23.0 Å². The normalized spacial score (nSPS) is 10.5. The van der Waals surface area contributed by atoms with E-state index in [1.54, 1.807) is 38.5 Å². The van der Waals surface area contributed by atoms with Crippen molar-refractivity contribution in [3.63, 3.8) is 0 Å². The molecule has 0 atom stereocenters. The maximum absolute atomic E-state index is 11.9. The van der Waals surface area contributed by atoms with Gasteiger partial charge in [-0.25, -0.2) is 10.2 Å². The van der Waals surface area contributed by atoms with Crippen molar-refractivity contribution >= 4 is 17.9 Å². The van der Waals surface area contributed by atoms with Crippen molar-refractivity contribution in [3.05, 3.63) is 78.4 Å². The summed E-state index contributed by atoms with van der Waals surface area (Å²) in [4.78, 5) is 11.9. The largest absolute Gasteiger partial charge is 0.497 e. The van der Waals surface area contributed by atoms with E-state index in [0.29, 0.717) is 36.8 Å². The minimum Gasteiger partial charge on any atom is -0.497 e. The lowest BCUT2D eigenvalue weighted by Gasteiger charge is -2.12. The number of para-hydroxylation sites is 1. The van der Waals surface area contributed by atoms with Crippen LogP contribution in [0.15, 0.2) is 77.9 Å². The van der Waals surface area contributed by atoms with E-state index < -0.39 is 6.03 Å². The van der Waals surface area contributed by atoms with Gasteiger partial charge in [0.15, 0.2) is 11.5 Å². The molecule has 0 aliphatic carbocycles. The first-order valence-corrected chi connectivity index (χ1v) is 10.4. The number of ether oxygens (including phenoxy) is 4. The molecule has 0 aliphatic rings. The molecule has 0 aliphatic heterocycles. The standard InChI is InChI=1S/C25H27N3O5/c1-30-21-10-12-22(13-11-21)32-15-6-16-33-23-14-9-19(17-24(23)31-2)18-26-28-25(29)27-20-7-4-3-5-8-20/h3-5,7-14,17-18H,6,15-16H2,1-2H3,(H2,27,28,29). The van der Waals surface area contributed by atoms with Crippen molar-refractivity contribution in [1.82, 2.24) is 5.43 Å². The molecule has 0 saturated heterocycles. The van der Waals surface area contributed by atoms with Crippen LogP contribution in [0, 0.1) is 0 Å². The number of anilines is 1. The van der Waals surface area contributed by atoms with Crippen LogP contribution in [0.2, 0.25) is 0 Å². The quantitative estimate of drug-likeness (QED) is 0.251. The second-order valence-corrected chi connectivity index (χ2v) is 6.83. The zero-order chi connectivity index (χ0) is 23.3. The molecule has 8 nitrogen and oxygen atoms in total. The van der Waals surface area contributed by atoms with Gasteiger partial charge in [0.1, 0.15) is 11.5 Å². The number of carbonyl (C=O) groups is 1. The minimum atomic E-state index is -0.429. The SMILES string of the molecule is COc1ccc(OCCCOc2ccc(C=NNC(=O)Nc3ccccc3)cc2OC)cc1. The van der Waals surface area contributed by atoms with E-state index in [2.05, 4.69) is 15.8 Å². The smallest absolute Gasteiger partial charge is 0.339 e. The van der Waals surface area contributed by atoms with Gasteiger partial charge in [-0.05, 0) is 60.2 Å². The van der Waals surface area contributed by atoms with Gasteiger partial charge >= 0.3 is 6.03 Å². The summed E-state index contributed by atoms with van der Waals surface area (Å²) in [5.41, 5.74) is 3.86. The minimum absolute atomic E-state index is 0.429. The third kappa shape index (κ3) is 7.77. The van der Waals surface area contributed by atoms with E-state index in [1.807, 2.05) is 48.5 Å². The highest BCUT2D eigenvalue weighted by Gasteiger charge is 2.06. The molecule has 0 unspecified atom stereocenters. The van der Waals surface area contributed by atoms with Crippen molar-refractivity contribution in [2.24, 2.45) is 5.10 Å². The van der Waals surface area contributed by atoms with Crippen molar-refractivity contribution in [2.45, 2.75) is 6.42 Å². The zero-order valence-corrected chi connectivity index (χ0v) is 18.6. The number of rotatable bonds is 11. The summed E-state index contributed by atoms with van der Waals surface area (Å²) in [6.45, 7) is 0.997. The number of amides is 2. The summed E-state index contributed by atoms with van der Waals surface area (Å²) < 4.78 is 22.1. The fourth-order valence-electron chi connectivity index (χ4n) is 2.83. The third-order valence-corrected chi connectivity index (χ3v) is 4.47. The second-order valence-electron chi connectivity index (χ2n) is 6.83. The van der Waals surface area contributed by atoms with Gasteiger partial charge in [-0.3, -0.25) is 0 Å². The summed E-state index contributed by atoms with van der Waals surface area (Å²) in [5, 5.41) is 6.65. The van der Waals surface area contributed by atoms with Crippen LogP contribution in [0.1, 0.15) is 12.0 Å². The molecule has 172 valence electrons. The highest BCUT2D eigenvalue weighted by Crippen LogP contribution is 2.27. The highest BCUT2D eigenvalue weighted by molar-refractivity contribution is 5.90. The molecule has 3 aromatic rings. The van der Waals surface area contributed by atoms with Crippen molar-refractivity contribution in [1.29, 1.82) is 0 Å². The van der Waals surface area contributed by atoms with E-state index in [9.17, 15) is 4.79 Å². The first-order chi connectivity index (χ1) is 16.2. The topological polar surface area (TPSA) is 90.4 Å². The summed E-state index contributed by atoms with van der Waals surface area (Å²) in [6, 6.07) is 21.5. The first-order valence-electron chi connectivity index (χ1n) is 10.4. The number of benzene rings is 3. The number of hydrazone groups is 1. The Morgan fingerprint density at radius 3 is 2.30 bits per heavy atom. The van der Waals surface area contributed by atoms with Gasteiger partial charge in [0, 0.05) is 12.1 Å². The van der Waals surface area contributed by atoms with Crippen LogP contribution < -0.4 is 29.7 Å². The number of hydrogen-bond acceptors (Lipinski definition) is 6. The van der Waals surface area contributed by atoms with E-state index >= 15 is 0 Å². The average molecular weight is 450 g/mol. The van der Waals surface area contributed by atoms with Crippen LogP contribution in [0.4, 0.5) is 10.5 Å². The Labute approximate surface area is 193 Å². The van der Waals surface area contributed by atoms with Gasteiger partial charge in [0.2, 0.25) is 0 Å². The van der Waals surface area contributed by atoms with E-state index in [-0.39, 0.29) is 0 Å². The Bertz CT molecular complexity index is 1040. The van der Waals surface area contributed by atoms with Gasteiger partial charge in [-0.1, -0.05) is 18.2 Å². The molecule has 8 heteroatoms. The molecule has 3 aromatic carbocycles. The van der Waals surface area contributed by atoms with Crippen molar-refractivity contribution in [2.75, 3.05) is 32.8 Å². The van der Waals surface area contributed by atoms with Crippen LogP contribution in [-0.2, 0) is 0 Å². The molecule has 0 fully saturated rings. The molecule has 0 saturated carbocycles. The summed E-state index contributed by atoms with van der Waals surface area (Å²) in [5.74, 6) is 2.76. The first kappa shape index (κ1) is 23.5. The Balaban J connectivity index is 1.42. The Morgan fingerprint density at radius 2 is 1.58 bits per heavy atom. The zero-order valence-electron chi connectivity index (χ0n) is 18.6. The maximum atomic E-state index is 11.9. The van der Waals surface area contributed by atoms with Crippen molar-refractivity contribution < 1.29 is 23.7 Å². The van der Waals surface area contributed by atoms with Crippen LogP contribution in [0.25, 0.3) is 0 Å². The second kappa shape index (κ2) is 12.6. The van der Waals surface area contributed by atoms with Gasteiger partial charge < -0.3 is 24.3 Å². The molecule has 0 heterocycles. The van der Waals surface area contributed by atoms with Gasteiger partial charge in [-0.15, -0.1) is 0 Å². The lowest BCUT2D eigenvalue weighted by molar-refractivity contribution is 0.240. The van der Waals surface area contributed by atoms with Gasteiger partial charge in [0.25, 0.3) is 0 Å². The number of urea groups is 1. The molecule has 0 radical (unpaired) electrons. The monoisotopic (exact) mass is 449 g/mol. The number of nitrogens with one attached hydrogen (secondary N) is 2. The number of methoxy groups -OCH3 is 2. The average Bonchev–Trinajstić information content (AvgIpc) is 2.85. The Kier molecular flexibility index (Phi) is 8.96. The number of hydrogen-bond donors (Lipinski definition) is 2. The maximum Gasteiger partial charge on any atom is 0.339 e. The molecule has 33 heavy (non-hydrogen) atoms. The molecular formula is C25H27N3O5. The highest BCUT2D eigenvalue weighted by atomic mass is 16.5. The van der Waals surface area contributed by atoms with E-state index in [4.69, 9.17) is 18.9 Å². The molecule has 2 N–H and O–H groups in total. The predicted octanol–water partition coefficient (Wildman–Crippen LogP) is 4.71. The van der Waals surface area contributed by atoms with Crippen LogP contribution in [0.3, 0.4) is 0 Å². The summed E-state index contributed by atoms with van der Waals surface area (Å²) in [7, 11) is 3.20. The fourth-order valence-corrected chi connectivity index (χ4v) is 2.83. The third-order valence-electron chi connectivity index (χ3n) is 4.47. The number of nitrogens with zero attached hydrogens (tertiary/aromatic N) is 1. The van der Waals surface area contributed by atoms with Crippen LogP contribution in [-0.4, -0.2) is 39.7 Å². The Morgan fingerprint density at radius 1 is 0.848 bits per heavy atom.